The van der Waals surface area contributed by atoms with E-state index < -0.39 is 5.69 Å². The summed E-state index contributed by atoms with van der Waals surface area (Å²) < 4.78 is 1.11. The van der Waals surface area contributed by atoms with E-state index in [0.717, 1.165) is 10.1 Å². The number of nitrogens with one attached hydrogen (secondary N) is 3. The van der Waals surface area contributed by atoms with Gasteiger partial charge in [0.05, 0.1) is 11.8 Å². The zero-order chi connectivity index (χ0) is 12.7. The van der Waals surface area contributed by atoms with Crippen LogP contribution >= 0.6 is 0 Å². The zero-order valence-electron chi connectivity index (χ0n) is 9.52. The molecule has 3 heterocycles. The highest BCUT2D eigenvalue weighted by Gasteiger charge is 2.12. The lowest BCUT2D eigenvalue weighted by molar-refractivity contribution is 0.682. The van der Waals surface area contributed by atoms with Gasteiger partial charge in [0, 0.05) is 12.7 Å². The summed E-state index contributed by atoms with van der Waals surface area (Å²) in [5, 5.41) is 6.46. The van der Waals surface area contributed by atoms with Crippen molar-refractivity contribution in [3.05, 3.63) is 33.2 Å². The third-order valence-electron chi connectivity index (χ3n) is 2.72. The average molecular weight is 246 g/mol. The Balaban J connectivity index is 2.34. The molecule has 3 N–H and O–H groups in total. The molecule has 8 nitrogen and oxygen atoms in total. The molecule has 8 heteroatoms. The molecule has 0 amide bonds. The fraction of sp³-hybridized carbons (Fsp3) is 0.200. The van der Waals surface area contributed by atoms with Crippen LogP contribution in [0.3, 0.4) is 0 Å². The van der Waals surface area contributed by atoms with Crippen molar-refractivity contribution in [2.75, 3.05) is 0 Å². The van der Waals surface area contributed by atoms with Gasteiger partial charge in [-0.05, 0) is 6.92 Å². The Morgan fingerprint density at radius 3 is 2.83 bits per heavy atom. The van der Waals surface area contributed by atoms with Gasteiger partial charge in [0.15, 0.2) is 5.65 Å². The standard InChI is InChI=1S/C10H10N6O2/c1-2-16-9(17)6-8(15-10(16)18)14-7(13-6)5-3-11-12-4-5/h3-4H,2H2,1H3,(H,11,12)(H,13,14)(H,15,18). The summed E-state index contributed by atoms with van der Waals surface area (Å²) >= 11 is 0. The Bertz CT molecular complexity index is 807. The van der Waals surface area contributed by atoms with Crippen molar-refractivity contribution in [1.82, 2.24) is 29.7 Å². The number of imidazole rings is 1. The quantitative estimate of drug-likeness (QED) is 0.582. The molecule has 0 aliphatic heterocycles. The molecule has 0 radical (unpaired) electrons. The number of hydrogen-bond acceptors (Lipinski definition) is 4. The fourth-order valence-corrected chi connectivity index (χ4v) is 1.82. The number of nitrogens with zero attached hydrogens (tertiary/aromatic N) is 3. The molecule has 18 heavy (non-hydrogen) atoms. The van der Waals surface area contributed by atoms with Gasteiger partial charge in [-0.25, -0.2) is 9.78 Å². The van der Waals surface area contributed by atoms with Crippen LogP contribution < -0.4 is 11.2 Å². The minimum atomic E-state index is -0.458. The number of H-pyrrole nitrogens is 3. The van der Waals surface area contributed by atoms with Gasteiger partial charge in [-0.15, -0.1) is 0 Å². The lowest BCUT2D eigenvalue weighted by Gasteiger charge is -1.97. The van der Waals surface area contributed by atoms with Crippen LogP contribution in [0.4, 0.5) is 0 Å². The summed E-state index contributed by atoms with van der Waals surface area (Å²) in [4.78, 5) is 33.3. The van der Waals surface area contributed by atoms with E-state index in [1.165, 1.54) is 0 Å². The third-order valence-corrected chi connectivity index (χ3v) is 2.72. The topological polar surface area (TPSA) is 112 Å². The molecule has 0 fully saturated rings. The molecule has 0 atom stereocenters. The fourth-order valence-electron chi connectivity index (χ4n) is 1.82. The summed E-state index contributed by atoms with van der Waals surface area (Å²) in [6, 6.07) is 0. The van der Waals surface area contributed by atoms with Crippen LogP contribution in [0.25, 0.3) is 22.6 Å². The molecule has 0 saturated heterocycles. The van der Waals surface area contributed by atoms with Crippen molar-refractivity contribution in [1.29, 1.82) is 0 Å². The normalized spacial score (nSPS) is 11.2. The second kappa shape index (κ2) is 3.69. The van der Waals surface area contributed by atoms with Gasteiger partial charge in [0.2, 0.25) is 0 Å². The Labute approximate surface area is 99.7 Å². The van der Waals surface area contributed by atoms with Crippen molar-refractivity contribution in [3.8, 4) is 11.4 Å². The molecule has 0 bridgehead atoms. The van der Waals surface area contributed by atoms with Crippen molar-refractivity contribution in [2.45, 2.75) is 13.5 Å². The number of rotatable bonds is 2. The number of aromatic nitrogens is 6. The second-order valence-electron chi connectivity index (χ2n) is 3.78. The highest BCUT2D eigenvalue weighted by Crippen LogP contribution is 2.14. The number of fused-ring (bicyclic) bond motifs is 1. The van der Waals surface area contributed by atoms with Crippen LogP contribution in [-0.4, -0.2) is 29.7 Å². The van der Waals surface area contributed by atoms with E-state index >= 15 is 0 Å². The third kappa shape index (κ3) is 1.39. The van der Waals surface area contributed by atoms with Crippen molar-refractivity contribution < 1.29 is 0 Å². The Morgan fingerprint density at radius 2 is 2.17 bits per heavy atom. The zero-order valence-corrected chi connectivity index (χ0v) is 9.52. The molecule has 0 unspecified atom stereocenters. The molecule has 0 aromatic carbocycles. The molecule has 3 aromatic rings. The first-order chi connectivity index (χ1) is 8.70. The first kappa shape index (κ1) is 10.5. The van der Waals surface area contributed by atoms with E-state index in [1.807, 2.05) is 0 Å². The van der Waals surface area contributed by atoms with Crippen molar-refractivity contribution >= 4 is 11.2 Å². The van der Waals surface area contributed by atoms with Crippen molar-refractivity contribution in [3.63, 3.8) is 0 Å². The molecular formula is C10H10N6O2. The highest BCUT2D eigenvalue weighted by atomic mass is 16.2. The highest BCUT2D eigenvalue weighted by molar-refractivity contribution is 5.74. The maximum atomic E-state index is 12.0. The largest absolute Gasteiger partial charge is 0.332 e. The van der Waals surface area contributed by atoms with Gasteiger partial charge in [-0.2, -0.15) is 5.10 Å². The SMILES string of the molecule is CCn1c(=O)[nH]c2nc(-c3cn[nH]c3)[nH]c2c1=O. The maximum absolute atomic E-state index is 12.0. The van der Waals surface area contributed by atoms with Crippen LogP contribution in [0.1, 0.15) is 6.92 Å². The van der Waals surface area contributed by atoms with Gasteiger partial charge >= 0.3 is 5.69 Å². The molecule has 0 aliphatic rings. The molecule has 3 rings (SSSR count). The van der Waals surface area contributed by atoms with Crippen LogP contribution in [0, 0.1) is 0 Å². The lowest BCUT2D eigenvalue weighted by atomic mass is 10.3. The molecule has 0 saturated carbocycles. The first-order valence-corrected chi connectivity index (χ1v) is 5.42. The number of hydrogen-bond donors (Lipinski definition) is 3. The summed E-state index contributed by atoms with van der Waals surface area (Å²) in [5.74, 6) is 0.486. The minimum absolute atomic E-state index is 0.255. The van der Waals surface area contributed by atoms with Gasteiger partial charge in [0.25, 0.3) is 5.56 Å². The predicted molar refractivity (Wildman–Crippen MR) is 64.2 cm³/mol. The predicted octanol–water partition coefficient (Wildman–Crippen LogP) is -0.177. The lowest BCUT2D eigenvalue weighted by Crippen LogP contribution is -2.34. The van der Waals surface area contributed by atoms with Crippen LogP contribution in [0.2, 0.25) is 0 Å². The average Bonchev–Trinajstić information content (AvgIpc) is 2.96. The Hall–Kier alpha value is -2.64. The Kier molecular flexibility index (Phi) is 2.15. The smallest absolute Gasteiger partial charge is 0.330 e. The van der Waals surface area contributed by atoms with Crippen molar-refractivity contribution in [2.24, 2.45) is 0 Å². The van der Waals surface area contributed by atoms with E-state index in [4.69, 9.17) is 0 Å². The first-order valence-electron chi connectivity index (χ1n) is 5.42. The molecule has 0 aliphatic carbocycles. The summed E-state index contributed by atoms with van der Waals surface area (Å²) in [6.07, 6.45) is 3.22. The molecule has 92 valence electrons. The molecular weight excluding hydrogens is 236 g/mol. The summed E-state index contributed by atoms with van der Waals surface area (Å²) in [5.41, 5.74) is 0.423. The summed E-state index contributed by atoms with van der Waals surface area (Å²) in [7, 11) is 0. The second-order valence-corrected chi connectivity index (χ2v) is 3.78. The molecule has 0 spiro atoms. The van der Waals surface area contributed by atoms with Gasteiger partial charge < -0.3 is 4.98 Å². The van der Waals surface area contributed by atoms with Gasteiger partial charge in [0.1, 0.15) is 11.3 Å². The Morgan fingerprint density at radius 1 is 1.33 bits per heavy atom. The summed E-state index contributed by atoms with van der Waals surface area (Å²) in [6.45, 7) is 2.04. The van der Waals surface area contributed by atoms with E-state index in [2.05, 4.69) is 25.1 Å². The molecule has 3 aromatic heterocycles. The van der Waals surface area contributed by atoms with Crippen LogP contribution in [-0.2, 0) is 6.54 Å². The van der Waals surface area contributed by atoms with Gasteiger partial charge in [-0.3, -0.25) is 19.4 Å². The van der Waals surface area contributed by atoms with E-state index in [0.29, 0.717) is 12.4 Å². The van der Waals surface area contributed by atoms with E-state index in [9.17, 15) is 9.59 Å². The van der Waals surface area contributed by atoms with Crippen LogP contribution in [0.5, 0.6) is 0 Å². The number of aromatic amines is 3. The van der Waals surface area contributed by atoms with Crippen LogP contribution in [0.15, 0.2) is 22.0 Å². The van der Waals surface area contributed by atoms with Gasteiger partial charge in [-0.1, -0.05) is 0 Å². The monoisotopic (exact) mass is 246 g/mol. The van der Waals surface area contributed by atoms with E-state index in [-0.39, 0.29) is 16.7 Å². The minimum Gasteiger partial charge on any atom is -0.332 e. The van der Waals surface area contributed by atoms with E-state index in [1.54, 1.807) is 19.3 Å². The maximum Gasteiger partial charge on any atom is 0.330 e.